The number of imidazole rings is 1. The molecule has 7 heteroatoms. The zero-order valence-electron chi connectivity index (χ0n) is 11.9. The van der Waals surface area contributed by atoms with Crippen LogP contribution in [0.3, 0.4) is 0 Å². The molecule has 1 saturated heterocycles. The number of hydrogen-bond acceptors (Lipinski definition) is 5. The van der Waals surface area contributed by atoms with Crippen LogP contribution >= 0.6 is 11.8 Å². The van der Waals surface area contributed by atoms with Crippen molar-refractivity contribution in [2.24, 2.45) is 0 Å². The fourth-order valence-electron chi connectivity index (χ4n) is 2.79. The number of rotatable bonds is 5. The molecule has 0 bridgehead atoms. The summed E-state index contributed by atoms with van der Waals surface area (Å²) in [6, 6.07) is 2.43. The Balaban J connectivity index is 1.92. The third kappa shape index (κ3) is 3.03. The quantitative estimate of drug-likeness (QED) is 0.848. The van der Waals surface area contributed by atoms with E-state index in [1.165, 1.54) is 24.6 Å². The van der Waals surface area contributed by atoms with E-state index in [1.807, 2.05) is 6.07 Å². The Bertz CT molecular complexity index is 657. The minimum atomic E-state index is -0.824. The molecule has 1 aliphatic rings. The molecule has 0 radical (unpaired) electrons. The van der Waals surface area contributed by atoms with Gasteiger partial charge in [0, 0.05) is 18.8 Å². The number of carboxylic acids is 1. The van der Waals surface area contributed by atoms with Crippen LogP contribution < -0.4 is 0 Å². The van der Waals surface area contributed by atoms with Gasteiger partial charge in [0.15, 0.2) is 5.16 Å². The largest absolute Gasteiger partial charge is 0.481 e. The summed E-state index contributed by atoms with van der Waals surface area (Å²) in [5.74, 6) is -0.799. The molecule has 2 aromatic rings. The highest BCUT2D eigenvalue weighted by Crippen LogP contribution is 2.26. The summed E-state index contributed by atoms with van der Waals surface area (Å²) in [5, 5.41) is 9.65. The van der Waals surface area contributed by atoms with Crippen molar-refractivity contribution in [3.63, 3.8) is 0 Å². The fourth-order valence-corrected chi connectivity index (χ4v) is 3.54. The smallest absolute Gasteiger partial charge is 0.313 e. The minimum absolute atomic E-state index is 0.0251. The van der Waals surface area contributed by atoms with E-state index in [4.69, 9.17) is 5.11 Å². The topological polar surface area (TPSA) is 71.2 Å². The van der Waals surface area contributed by atoms with Gasteiger partial charge in [-0.15, -0.1) is 0 Å². The number of carboxylic acid groups (broad SMARTS) is 1. The van der Waals surface area contributed by atoms with Gasteiger partial charge in [-0.3, -0.25) is 9.78 Å². The first-order chi connectivity index (χ1) is 10.1. The summed E-state index contributed by atoms with van der Waals surface area (Å²) in [6.45, 7) is 1.97. The molecule has 0 spiro atoms. The van der Waals surface area contributed by atoms with Crippen LogP contribution in [0.25, 0.3) is 11.0 Å². The molecule has 21 heavy (non-hydrogen) atoms. The van der Waals surface area contributed by atoms with Crippen molar-refractivity contribution in [3.8, 4) is 0 Å². The Labute approximate surface area is 127 Å². The normalized spacial score (nSPS) is 19.4. The van der Waals surface area contributed by atoms with Crippen LogP contribution in [0.15, 0.2) is 23.6 Å². The molecule has 1 unspecified atom stereocenters. The number of nitrogens with zero attached hydrogens (tertiary/aromatic N) is 4. The molecule has 0 amide bonds. The number of carbonyl (C=O) groups is 1. The average Bonchev–Trinajstić information content (AvgIpc) is 3.02. The van der Waals surface area contributed by atoms with Gasteiger partial charge in [-0.05, 0) is 32.5 Å². The Hall–Kier alpha value is -1.60. The Morgan fingerprint density at radius 2 is 2.43 bits per heavy atom. The van der Waals surface area contributed by atoms with Gasteiger partial charge in [-0.25, -0.2) is 4.98 Å². The summed E-state index contributed by atoms with van der Waals surface area (Å²) < 4.78 is 2.14. The molecular formula is C14H18N4O2S. The number of pyridine rings is 1. The number of hydrogen-bond donors (Lipinski definition) is 1. The van der Waals surface area contributed by atoms with Crippen molar-refractivity contribution < 1.29 is 9.90 Å². The fraction of sp³-hybridized carbons (Fsp3) is 0.500. The Kier molecular flexibility index (Phi) is 4.12. The van der Waals surface area contributed by atoms with Gasteiger partial charge >= 0.3 is 5.97 Å². The van der Waals surface area contributed by atoms with E-state index in [9.17, 15) is 4.79 Å². The summed E-state index contributed by atoms with van der Waals surface area (Å²) in [4.78, 5) is 21.8. The first kappa shape index (κ1) is 14.3. The Morgan fingerprint density at radius 1 is 1.57 bits per heavy atom. The minimum Gasteiger partial charge on any atom is -0.481 e. The van der Waals surface area contributed by atoms with Gasteiger partial charge in [-0.1, -0.05) is 11.8 Å². The highest BCUT2D eigenvalue weighted by molar-refractivity contribution is 7.99. The lowest BCUT2D eigenvalue weighted by Crippen LogP contribution is -2.29. The zero-order chi connectivity index (χ0) is 14.8. The van der Waals surface area contributed by atoms with Crippen molar-refractivity contribution >= 4 is 28.8 Å². The molecule has 0 saturated carbocycles. The third-order valence-electron chi connectivity index (χ3n) is 3.91. The monoisotopic (exact) mass is 306 g/mol. The van der Waals surface area contributed by atoms with Gasteiger partial charge < -0.3 is 14.6 Å². The maximum absolute atomic E-state index is 10.8. The summed E-state index contributed by atoms with van der Waals surface area (Å²) in [7, 11) is 2.14. The van der Waals surface area contributed by atoms with Crippen molar-refractivity contribution in [1.82, 2.24) is 19.4 Å². The first-order valence-corrected chi connectivity index (χ1v) is 7.99. The molecule has 1 N–H and O–H groups in total. The average molecular weight is 306 g/mol. The molecular weight excluding hydrogens is 288 g/mol. The Morgan fingerprint density at radius 3 is 3.14 bits per heavy atom. The molecule has 3 heterocycles. The van der Waals surface area contributed by atoms with Crippen LogP contribution in [0.5, 0.6) is 0 Å². The van der Waals surface area contributed by atoms with E-state index in [0.29, 0.717) is 6.04 Å². The predicted molar refractivity (Wildman–Crippen MR) is 81.5 cm³/mol. The standard InChI is InChI=1S/C14H18N4O2S/c1-17-6-2-3-10(17)8-18-12-4-5-15-7-11(12)16-14(18)21-9-13(19)20/h4-5,7,10H,2-3,6,8-9H2,1H3,(H,19,20). The molecule has 1 fully saturated rings. The SMILES string of the molecule is CN1CCCC1Cn1c(SCC(=O)O)nc2cnccc21. The van der Waals surface area contributed by atoms with E-state index in [0.717, 1.165) is 29.3 Å². The van der Waals surface area contributed by atoms with Crippen LogP contribution in [-0.2, 0) is 11.3 Å². The maximum Gasteiger partial charge on any atom is 0.313 e. The zero-order valence-corrected chi connectivity index (χ0v) is 12.7. The van der Waals surface area contributed by atoms with Gasteiger partial charge in [0.1, 0.15) is 5.52 Å². The molecule has 6 nitrogen and oxygen atoms in total. The van der Waals surface area contributed by atoms with E-state index in [1.54, 1.807) is 12.4 Å². The lowest BCUT2D eigenvalue weighted by molar-refractivity contribution is -0.133. The lowest BCUT2D eigenvalue weighted by Gasteiger charge is -2.21. The van der Waals surface area contributed by atoms with Crippen molar-refractivity contribution in [2.45, 2.75) is 30.6 Å². The molecule has 2 aromatic heterocycles. The molecule has 1 aliphatic heterocycles. The van der Waals surface area contributed by atoms with E-state index >= 15 is 0 Å². The maximum atomic E-state index is 10.8. The van der Waals surface area contributed by atoms with Crippen LogP contribution in [-0.4, -0.2) is 55.9 Å². The molecule has 1 atom stereocenters. The molecule has 0 aromatic carbocycles. The predicted octanol–water partition coefficient (Wildman–Crippen LogP) is 1.70. The third-order valence-corrected chi connectivity index (χ3v) is 4.87. The number of thioether (sulfide) groups is 1. The van der Waals surface area contributed by atoms with Crippen molar-refractivity contribution in [3.05, 3.63) is 18.5 Å². The van der Waals surface area contributed by atoms with Gasteiger partial charge in [0.05, 0.1) is 17.5 Å². The molecule has 3 rings (SSSR count). The van der Waals surface area contributed by atoms with Gasteiger partial charge in [0.25, 0.3) is 0 Å². The van der Waals surface area contributed by atoms with Crippen molar-refractivity contribution in [1.29, 1.82) is 0 Å². The number of likely N-dealkylation sites (tertiary alicyclic amines) is 1. The lowest BCUT2D eigenvalue weighted by atomic mass is 10.2. The van der Waals surface area contributed by atoms with E-state index in [2.05, 4.69) is 26.5 Å². The summed E-state index contributed by atoms with van der Waals surface area (Å²) in [6.07, 6.45) is 5.87. The summed E-state index contributed by atoms with van der Waals surface area (Å²) in [5.41, 5.74) is 1.85. The van der Waals surface area contributed by atoms with Crippen LogP contribution in [0.2, 0.25) is 0 Å². The highest BCUT2D eigenvalue weighted by atomic mass is 32.2. The van der Waals surface area contributed by atoms with Crippen LogP contribution in [0.4, 0.5) is 0 Å². The van der Waals surface area contributed by atoms with E-state index < -0.39 is 5.97 Å². The number of aliphatic carboxylic acids is 1. The molecule has 112 valence electrons. The second-order valence-corrected chi connectivity index (χ2v) is 6.27. The number of likely N-dealkylation sites (N-methyl/N-ethyl adjacent to an activating group) is 1. The van der Waals surface area contributed by atoms with Crippen LogP contribution in [0, 0.1) is 0 Å². The van der Waals surface area contributed by atoms with Gasteiger partial charge in [0.2, 0.25) is 0 Å². The highest BCUT2D eigenvalue weighted by Gasteiger charge is 2.23. The van der Waals surface area contributed by atoms with Gasteiger partial charge in [-0.2, -0.15) is 0 Å². The van der Waals surface area contributed by atoms with Crippen molar-refractivity contribution in [2.75, 3.05) is 19.3 Å². The second-order valence-electron chi connectivity index (χ2n) is 5.33. The van der Waals surface area contributed by atoms with Crippen LogP contribution in [0.1, 0.15) is 12.8 Å². The number of aromatic nitrogens is 3. The second kappa shape index (κ2) is 6.03. The molecule has 0 aliphatic carbocycles. The van der Waals surface area contributed by atoms with E-state index in [-0.39, 0.29) is 5.75 Å². The first-order valence-electron chi connectivity index (χ1n) is 7.00. The summed E-state index contributed by atoms with van der Waals surface area (Å²) >= 11 is 1.27. The number of fused-ring (bicyclic) bond motifs is 1.